The van der Waals surface area contributed by atoms with Crippen LogP contribution in [0.15, 0.2) is 53.5 Å². The van der Waals surface area contributed by atoms with Gasteiger partial charge in [-0.25, -0.2) is 4.98 Å². The normalized spacial score (nSPS) is 13.6. The molecule has 1 aliphatic heterocycles. The monoisotopic (exact) mass is 393 g/mol. The van der Waals surface area contributed by atoms with E-state index in [1.807, 2.05) is 13.0 Å². The fraction of sp³-hybridized carbons (Fsp3) is 0.238. The Morgan fingerprint density at radius 2 is 2.03 bits per heavy atom. The molecule has 0 atom stereocenters. The molecule has 29 heavy (non-hydrogen) atoms. The number of hydrogen-bond acceptors (Lipinski definition) is 6. The van der Waals surface area contributed by atoms with E-state index in [1.165, 1.54) is 15.4 Å². The zero-order valence-electron chi connectivity index (χ0n) is 15.8. The highest BCUT2D eigenvalue weighted by molar-refractivity contribution is 5.99. The van der Waals surface area contributed by atoms with Gasteiger partial charge in [-0.3, -0.25) is 23.7 Å². The van der Waals surface area contributed by atoms with Crippen LogP contribution in [0, 0.1) is 6.92 Å². The van der Waals surface area contributed by atoms with Crippen LogP contribution in [0.4, 0.5) is 5.69 Å². The summed E-state index contributed by atoms with van der Waals surface area (Å²) in [5.74, 6) is -0.268. The van der Waals surface area contributed by atoms with Crippen LogP contribution in [0.5, 0.6) is 5.75 Å². The van der Waals surface area contributed by atoms with E-state index in [2.05, 4.69) is 4.98 Å². The van der Waals surface area contributed by atoms with Gasteiger partial charge in [0.05, 0.1) is 24.4 Å². The van der Waals surface area contributed by atoms with Gasteiger partial charge in [0.15, 0.2) is 0 Å². The summed E-state index contributed by atoms with van der Waals surface area (Å²) in [6.07, 6.45) is 1.87. The number of hydrogen-bond donors (Lipinski definition) is 0. The molecule has 0 bridgehead atoms. The highest BCUT2D eigenvalue weighted by atomic mass is 16.5. The van der Waals surface area contributed by atoms with Gasteiger partial charge < -0.3 is 9.47 Å². The Labute approximate surface area is 166 Å². The molecule has 1 aliphatic rings. The van der Waals surface area contributed by atoms with E-state index in [4.69, 9.17) is 9.47 Å². The van der Waals surface area contributed by atoms with Crippen LogP contribution in [-0.2, 0) is 20.9 Å². The smallest absolute Gasteiger partial charge is 0.326 e. The van der Waals surface area contributed by atoms with Gasteiger partial charge >= 0.3 is 5.97 Å². The summed E-state index contributed by atoms with van der Waals surface area (Å²) in [6.45, 7) is 1.74. The minimum Gasteiger partial charge on any atom is -0.491 e. The molecule has 0 aliphatic carbocycles. The Hall–Kier alpha value is -3.68. The molecule has 8 nitrogen and oxygen atoms in total. The molecule has 3 heterocycles. The van der Waals surface area contributed by atoms with Crippen LogP contribution in [0.1, 0.15) is 17.7 Å². The van der Waals surface area contributed by atoms with Crippen LogP contribution in [0.3, 0.4) is 0 Å². The molecule has 0 N–H and O–H groups in total. The molecular formula is C21H19N3O5. The van der Waals surface area contributed by atoms with Gasteiger partial charge in [0.1, 0.15) is 24.5 Å². The van der Waals surface area contributed by atoms with Crippen molar-refractivity contribution in [2.75, 3.05) is 18.1 Å². The van der Waals surface area contributed by atoms with E-state index in [1.54, 1.807) is 36.5 Å². The van der Waals surface area contributed by atoms with E-state index < -0.39 is 5.97 Å². The van der Waals surface area contributed by atoms with Gasteiger partial charge in [-0.15, -0.1) is 0 Å². The predicted molar refractivity (Wildman–Crippen MR) is 105 cm³/mol. The Morgan fingerprint density at radius 3 is 2.90 bits per heavy atom. The van der Waals surface area contributed by atoms with Crippen molar-refractivity contribution in [2.24, 2.45) is 0 Å². The number of nitrogens with zero attached hydrogens (tertiary/aromatic N) is 3. The second kappa shape index (κ2) is 7.75. The van der Waals surface area contributed by atoms with Crippen LogP contribution in [0.2, 0.25) is 0 Å². The SMILES string of the molecule is Cc1ccc2nc(COC(=O)CN3C(=O)CCOc4ccccc43)cc(=O)n2c1. The van der Waals surface area contributed by atoms with Crippen LogP contribution in [0.25, 0.3) is 5.65 Å². The minimum atomic E-state index is -0.596. The molecule has 0 fully saturated rings. The van der Waals surface area contributed by atoms with Gasteiger partial charge in [0.2, 0.25) is 5.91 Å². The number of carbonyl (C=O) groups is 2. The lowest BCUT2D eigenvalue weighted by Crippen LogP contribution is -2.36. The summed E-state index contributed by atoms with van der Waals surface area (Å²) in [5, 5.41) is 0. The molecule has 4 rings (SSSR count). The van der Waals surface area contributed by atoms with Gasteiger partial charge in [-0.05, 0) is 30.7 Å². The lowest BCUT2D eigenvalue weighted by molar-refractivity contribution is -0.144. The first-order valence-corrected chi connectivity index (χ1v) is 9.18. The maximum atomic E-state index is 12.4. The molecule has 1 amide bonds. The quantitative estimate of drug-likeness (QED) is 0.629. The summed E-state index contributed by atoms with van der Waals surface area (Å²) in [5.41, 5.74) is 2.04. The van der Waals surface area contributed by atoms with Crippen molar-refractivity contribution in [3.8, 4) is 5.75 Å². The van der Waals surface area contributed by atoms with Crippen molar-refractivity contribution in [3.05, 3.63) is 70.3 Å². The number of fused-ring (bicyclic) bond motifs is 2. The maximum Gasteiger partial charge on any atom is 0.326 e. The topological polar surface area (TPSA) is 90.2 Å². The van der Waals surface area contributed by atoms with E-state index in [9.17, 15) is 14.4 Å². The van der Waals surface area contributed by atoms with E-state index >= 15 is 0 Å². The zero-order valence-corrected chi connectivity index (χ0v) is 15.8. The highest BCUT2D eigenvalue weighted by Gasteiger charge is 2.25. The third-order valence-electron chi connectivity index (χ3n) is 4.56. The van der Waals surface area contributed by atoms with Gasteiger partial charge in [-0.2, -0.15) is 0 Å². The first kappa shape index (κ1) is 18.7. The van der Waals surface area contributed by atoms with Gasteiger partial charge in [0, 0.05) is 12.3 Å². The molecule has 0 unspecified atom stereocenters. The van der Waals surface area contributed by atoms with Crippen molar-refractivity contribution >= 4 is 23.2 Å². The fourth-order valence-electron chi connectivity index (χ4n) is 3.15. The summed E-state index contributed by atoms with van der Waals surface area (Å²) in [4.78, 5) is 42.7. The number of carbonyl (C=O) groups excluding carboxylic acids is 2. The summed E-state index contributed by atoms with van der Waals surface area (Å²) in [6, 6.07) is 12.0. The summed E-state index contributed by atoms with van der Waals surface area (Å²) in [7, 11) is 0. The number of benzene rings is 1. The van der Waals surface area contributed by atoms with Crippen molar-refractivity contribution in [2.45, 2.75) is 20.0 Å². The minimum absolute atomic E-state index is 0.154. The van der Waals surface area contributed by atoms with Crippen LogP contribution >= 0.6 is 0 Å². The lowest BCUT2D eigenvalue weighted by atomic mass is 10.2. The number of esters is 1. The number of pyridine rings is 1. The molecule has 3 aromatic rings. The Bertz CT molecular complexity index is 1150. The molecule has 0 radical (unpaired) electrons. The number of aryl methyl sites for hydroxylation is 1. The zero-order chi connectivity index (χ0) is 20.4. The average Bonchev–Trinajstić information content (AvgIpc) is 2.86. The largest absolute Gasteiger partial charge is 0.491 e. The Kier molecular flexibility index (Phi) is 4.99. The van der Waals surface area contributed by atoms with Crippen molar-refractivity contribution < 1.29 is 19.1 Å². The van der Waals surface area contributed by atoms with Crippen molar-refractivity contribution in [1.29, 1.82) is 0 Å². The van der Waals surface area contributed by atoms with E-state index in [0.29, 0.717) is 22.8 Å². The molecule has 1 aromatic carbocycles. The van der Waals surface area contributed by atoms with E-state index in [0.717, 1.165) is 5.56 Å². The number of ether oxygens (including phenoxy) is 2. The van der Waals surface area contributed by atoms with Crippen LogP contribution in [-0.4, -0.2) is 34.4 Å². The second-order valence-corrected chi connectivity index (χ2v) is 6.73. The highest BCUT2D eigenvalue weighted by Crippen LogP contribution is 2.30. The molecule has 0 saturated heterocycles. The fourth-order valence-corrected chi connectivity index (χ4v) is 3.15. The average molecular weight is 393 g/mol. The Morgan fingerprint density at radius 1 is 1.21 bits per heavy atom. The van der Waals surface area contributed by atoms with Crippen LogP contribution < -0.4 is 15.2 Å². The Balaban J connectivity index is 1.48. The molecule has 0 saturated carbocycles. The molecular weight excluding hydrogens is 374 g/mol. The van der Waals surface area contributed by atoms with Crippen molar-refractivity contribution in [3.63, 3.8) is 0 Å². The lowest BCUT2D eigenvalue weighted by Gasteiger charge is -2.20. The first-order chi connectivity index (χ1) is 14.0. The summed E-state index contributed by atoms with van der Waals surface area (Å²) >= 11 is 0. The molecule has 0 spiro atoms. The maximum absolute atomic E-state index is 12.4. The van der Waals surface area contributed by atoms with Gasteiger partial charge in [-0.1, -0.05) is 18.2 Å². The molecule has 2 aromatic heterocycles. The second-order valence-electron chi connectivity index (χ2n) is 6.73. The molecule has 148 valence electrons. The van der Waals surface area contributed by atoms with Crippen molar-refractivity contribution in [1.82, 2.24) is 9.38 Å². The standard InChI is InChI=1S/C21H19N3O5/c1-14-6-7-18-22-15(10-20(26)24(18)11-14)13-29-21(27)12-23-16-4-2-3-5-17(16)28-9-8-19(23)25/h2-7,10-11H,8-9,12-13H2,1H3. The first-order valence-electron chi connectivity index (χ1n) is 9.18. The number of rotatable bonds is 4. The third-order valence-corrected chi connectivity index (χ3v) is 4.56. The number of aromatic nitrogens is 2. The predicted octanol–water partition coefficient (Wildman–Crippen LogP) is 1.86. The van der Waals surface area contributed by atoms with Gasteiger partial charge in [0.25, 0.3) is 5.56 Å². The third kappa shape index (κ3) is 3.96. The number of anilines is 1. The van der Waals surface area contributed by atoms with E-state index in [-0.39, 0.29) is 37.6 Å². The molecule has 8 heteroatoms. The number of para-hydroxylation sites is 2. The summed E-state index contributed by atoms with van der Waals surface area (Å²) < 4.78 is 12.3. The number of amides is 1.